The van der Waals surface area contributed by atoms with Crippen molar-refractivity contribution < 1.29 is 22.8 Å². The highest BCUT2D eigenvalue weighted by Crippen LogP contribution is 2.30. The minimum Gasteiger partial charge on any atom is -0.350 e. The van der Waals surface area contributed by atoms with Crippen molar-refractivity contribution in [2.45, 2.75) is 33.0 Å². The maximum absolute atomic E-state index is 13.3. The number of hydrogen-bond donors (Lipinski definition) is 2. The van der Waals surface area contributed by atoms with Gasteiger partial charge in [-0.15, -0.1) is 0 Å². The van der Waals surface area contributed by atoms with E-state index in [4.69, 9.17) is 11.6 Å². The Morgan fingerprint density at radius 1 is 1.06 bits per heavy atom. The average Bonchev–Trinajstić information content (AvgIpc) is 3.15. The first-order chi connectivity index (χ1) is 15.0. The number of rotatable bonds is 5. The van der Waals surface area contributed by atoms with Gasteiger partial charge in [0.1, 0.15) is 5.69 Å². The minimum atomic E-state index is -4.76. The molecule has 6 nitrogen and oxygen atoms in total. The molecule has 0 radical (unpaired) electrons. The monoisotopic (exact) mass is 464 g/mol. The van der Waals surface area contributed by atoms with E-state index in [0.717, 1.165) is 4.68 Å². The van der Waals surface area contributed by atoms with Crippen molar-refractivity contribution in [3.05, 3.63) is 76.1 Å². The van der Waals surface area contributed by atoms with Gasteiger partial charge in [0.25, 0.3) is 11.8 Å². The quantitative estimate of drug-likeness (QED) is 0.542. The van der Waals surface area contributed by atoms with Gasteiger partial charge in [0, 0.05) is 17.1 Å². The first kappa shape index (κ1) is 23.3. The lowest BCUT2D eigenvalue weighted by Gasteiger charge is -2.16. The van der Waals surface area contributed by atoms with E-state index in [1.165, 1.54) is 24.3 Å². The Bertz CT molecular complexity index is 1170. The molecule has 0 saturated carbocycles. The summed E-state index contributed by atoms with van der Waals surface area (Å²) in [6, 6.07) is 11.3. The Morgan fingerprint density at radius 2 is 1.75 bits per heavy atom. The maximum Gasteiger partial charge on any atom is 0.435 e. The number of para-hydroxylation sites is 1. The second-order valence-electron chi connectivity index (χ2n) is 7.38. The van der Waals surface area contributed by atoms with Crippen molar-refractivity contribution in [2.75, 3.05) is 5.32 Å². The molecule has 2 amide bonds. The fourth-order valence-corrected chi connectivity index (χ4v) is 3.21. The fourth-order valence-electron chi connectivity index (χ4n) is 3.03. The third-order valence-electron chi connectivity index (χ3n) is 4.46. The number of anilines is 1. The van der Waals surface area contributed by atoms with Crippen LogP contribution in [0.5, 0.6) is 0 Å². The van der Waals surface area contributed by atoms with Crippen molar-refractivity contribution in [3.63, 3.8) is 0 Å². The van der Waals surface area contributed by atoms with Crippen molar-refractivity contribution in [2.24, 2.45) is 0 Å². The molecule has 168 valence electrons. The molecule has 0 fully saturated rings. The number of nitrogens with one attached hydrogen (secondary N) is 2. The molecule has 0 unspecified atom stereocenters. The maximum atomic E-state index is 13.3. The van der Waals surface area contributed by atoms with E-state index < -0.39 is 23.7 Å². The highest BCUT2D eigenvalue weighted by Gasteiger charge is 2.36. The zero-order valence-corrected chi connectivity index (χ0v) is 18.2. The smallest absolute Gasteiger partial charge is 0.350 e. The highest BCUT2D eigenvalue weighted by atomic mass is 35.5. The van der Waals surface area contributed by atoms with Crippen LogP contribution in [0.2, 0.25) is 5.02 Å². The zero-order chi connectivity index (χ0) is 23.6. The first-order valence-electron chi connectivity index (χ1n) is 9.62. The van der Waals surface area contributed by atoms with E-state index >= 15 is 0 Å². The van der Waals surface area contributed by atoms with Gasteiger partial charge in [-0.1, -0.05) is 29.8 Å². The summed E-state index contributed by atoms with van der Waals surface area (Å²) in [5.74, 6) is -1.28. The molecule has 2 N–H and O–H groups in total. The number of aryl methyl sites for hydroxylation is 1. The van der Waals surface area contributed by atoms with E-state index in [9.17, 15) is 22.8 Å². The van der Waals surface area contributed by atoms with Gasteiger partial charge in [0.05, 0.1) is 16.9 Å². The number of nitrogens with zero attached hydrogens (tertiary/aromatic N) is 2. The van der Waals surface area contributed by atoms with Crippen LogP contribution in [0.4, 0.5) is 18.9 Å². The van der Waals surface area contributed by atoms with Crippen LogP contribution in [-0.2, 0) is 6.18 Å². The van der Waals surface area contributed by atoms with Gasteiger partial charge in [0.2, 0.25) is 0 Å². The van der Waals surface area contributed by atoms with Gasteiger partial charge in [-0.25, -0.2) is 4.68 Å². The van der Waals surface area contributed by atoms with Crippen LogP contribution in [0.3, 0.4) is 0 Å². The summed E-state index contributed by atoms with van der Waals surface area (Å²) in [5, 5.41) is 9.15. The average molecular weight is 465 g/mol. The molecule has 32 heavy (non-hydrogen) atoms. The third-order valence-corrected chi connectivity index (χ3v) is 4.70. The molecule has 2 aromatic carbocycles. The van der Waals surface area contributed by atoms with Gasteiger partial charge < -0.3 is 10.6 Å². The summed E-state index contributed by atoms with van der Waals surface area (Å²) >= 11 is 5.96. The van der Waals surface area contributed by atoms with Gasteiger partial charge in [0.15, 0.2) is 5.69 Å². The molecule has 0 spiro atoms. The van der Waals surface area contributed by atoms with Gasteiger partial charge in [-0.3, -0.25) is 9.59 Å². The van der Waals surface area contributed by atoms with Gasteiger partial charge in [-0.05, 0) is 50.6 Å². The predicted molar refractivity (Wildman–Crippen MR) is 115 cm³/mol. The molecule has 1 heterocycles. The SMILES string of the molecule is Cc1cccc(C(=O)NC(C)C)c1NC(=O)c1cc(C(F)(F)F)nn1-c1cccc(Cl)c1. The van der Waals surface area contributed by atoms with Crippen LogP contribution < -0.4 is 10.6 Å². The highest BCUT2D eigenvalue weighted by molar-refractivity contribution is 6.30. The summed E-state index contributed by atoms with van der Waals surface area (Å²) in [6.07, 6.45) is -4.76. The molecule has 0 atom stereocenters. The fraction of sp³-hybridized carbons (Fsp3) is 0.227. The normalized spacial score (nSPS) is 11.5. The Hall–Kier alpha value is -3.33. The van der Waals surface area contributed by atoms with Gasteiger partial charge in [-0.2, -0.15) is 18.3 Å². The molecular weight excluding hydrogens is 445 g/mol. The topological polar surface area (TPSA) is 76.0 Å². The summed E-state index contributed by atoms with van der Waals surface area (Å²) in [6.45, 7) is 5.25. The number of carbonyl (C=O) groups is 2. The van der Waals surface area contributed by atoms with E-state index in [1.54, 1.807) is 39.0 Å². The van der Waals surface area contributed by atoms with Crippen molar-refractivity contribution in [1.82, 2.24) is 15.1 Å². The van der Waals surface area contributed by atoms with Crippen LogP contribution in [0.15, 0.2) is 48.5 Å². The van der Waals surface area contributed by atoms with Crippen LogP contribution in [0, 0.1) is 6.92 Å². The molecule has 0 aliphatic heterocycles. The number of alkyl halides is 3. The number of hydrogen-bond acceptors (Lipinski definition) is 3. The lowest BCUT2D eigenvalue weighted by molar-refractivity contribution is -0.141. The number of amides is 2. The van der Waals surface area contributed by atoms with Crippen LogP contribution in [0.25, 0.3) is 5.69 Å². The predicted octanol–water partition coefficient (Wildman–Crippen LogP) is 5.24. The first-order valence-corrected chi connectivity index (χ1v) is 10.00. The van der Waals surface area contributed by atoms with Crippen molar-refractivity contribution in [3.8, 4) is 5.69 Å². The summed E-state index contributed by atoms with van der Waals surface area (Å²) in [5.41, 5.74) is -0.455. The van der Waals surface area contributed by atoms with E-state index in [-0.39, 0.29) is 33.7 Å². The Labute approximate surface area is 187 Å². The van der Waals surface area contributed by atoms with Crippen molar-refractivity contribution in [1.29, 1.82) is 0 Å². The molecule has 0 aliphatic carbocycles. The second kappa shape index (κ2) is 9.04. The number of halogens is 4. The Morgan fingerprint density at radius 3 is 2.38 bits per heavy atom. The Kier molecular flexibility index (Phi) is 6.59. The summed E-state index contributed by atoms with van der Waals surface area (Å²) in [7, 11) is 0. The molecule has 0 bridgehead atoms. The van der Waals surface area contributed by atoms with Crippen LogP contribution >= 0.6 is 11.6 Å². The molecule has 0 aliphatic rings. The van der Waals surface area contributed by atoms with Crippen molar-refractivity contribution >= 4 is 29.1 Å². The molecule has 3 rings (SSSR count). The summed E-state index contributed by atoms with van der Waals surface area (Å²) < 4.78 is 40.9. The van der Waals surface area contributed by atoms with Gasteiger partial charge >= 0.3 is 6.18 Å². The third kappa shape index (κ3) is 5.11. The lowest BCUT2D eigenvalue weighted by Crippen LogP contribution is -2.31. The largest absolute Gasteiger partial charge is 0.435 e. The standard InChI is InChI=1S/C22H20ClF3N4O2/c1-12(2)27-20(31)16-9-4-6-13(3)19(16)28-21(32)17-11-18(22(24,25)26)29-30(17)15-8-5-7-14(23)10-15/h4-12H,1-3H3,(H,27,31)(H,28,32). The van der Waals surface area contributed by atoms with E-state index in [1.807, 2.05) is 0 Å². The molecule has 0 saturated heterocycles. The van der Waals surface area contributed by atoms with Crippen LogP contribution in [-0.4, -0.2) is 27.6 Å². The molecule has 10 heteroatoms. The number of aromatic nitrogens is 2. The second-order valence-corrected chi connectivity index (χ2v) is 7.82. The number of benzene rings is 2. The molecule has 1 aromatic heterocycles. The van der Waals surface area contributed by atoms with E-state index in [2.05, 4.69) is 15.7 Å². The Balaban J connectivity index is 2.06. The molecule has 3 aromatic rings. The minimum absolute atomic E-state index is 0.148. The molecular formula is C22H20ClF3N4O2. The zero-order valence-electron chi connectivity index (χ0n) is 17.4. The lowest BCUT2D eigenvalue weighted by atomic mass is 10.1. The van der Waals surface area contributed by atoms with Crippen LogP contribution in [0.1, 0.15) is 46.0 Å². The summed E-state index contributed by atoms with van der Waals surface area (Å²) in [4.78, 5) is 25.6. The number of carbonyl (C=O) groups excluding carboxylic acids is 2. The van der Waals surface area contributed by atoms with E-state index in [0.29, 0.717) is 11.6 Å².